The Morgan fingerprint density at radius 3 is 2.95 bits per heavy atom. The third-order valence-electron chi connectivity index (χ3n) is 5.48. The molecule has 3 rings (SSSR count). The van der Waals surface area contributed by atoms with E-state index in [2.05, 4.69) is 20.4 Å². The number of hydrogen-bond acceptors (Lipinski definition) is 4. The average Bonchev–Trinajstić information content (AvgIpc) is 2.54. The van der Waals surface area contributed by atoms with Crippen LogP contribution in [0.5, 0.6) is 0 Å². The third-order valence-corrected chi connectivity index (χ3v) is 5.48. The Hall–Kier alpha value is -0.870. The van der Waals surface area contributed by atoms with Crippen LogP contribution in [-0.4, -0.2) is 30.1 Å². The molecule has 4 nitrogen and oxygen atoms in total. The second-order valence-corrected chi connectivity index (χ2v) is 6.62. The van der Waals surface area contributed by atoms with Crippen LogP contribution in [0.25, 0.3) is 0 Å². The number of fused-ring (bicyclic) bond motifs is 2. The molecule has 0 aromatic rings. The number of aliphatic hydroxyl groups excluding tert-OH is 1. The lowest BCUT2D eigenvalue weighted by Gasteiger charge is -2.46. The van der Waals surface area contributed by atoms with Gasteiger partial charge in [-0.3, -0.25) is 0 Å². The molecular weight excluding hydrogens is 244 g/mol. The molecule has 0 unspecified atom stereocenters. The Balaban J connectivity index is 1.96. The van der Waals surface area contributed by atoms with E-state index < -0.39 is 6.29 Å². The minimum absolute atomic E-state index is 0.0290. The van der Waals surface area contributed by atoms with E-state index >= 15 is 0 Å². The molecule has 3 aliphatic rings. The first kappa shape index (κ1) is 13.1. The van der Waals surface area contributed by atoms with Gasteiger partial charge >= 0.3 is 5.97 Å². The van der Waals surface area contributed by atoms with Crippen molar-refractivity contribution in [1.82, 2.24) is 0 Å². The fourth-order valence-corrected chi connectivity index (χ4v) is 4.34. The van der Waals surface area contributed by atoms with E-state index in [1.165, 1.54) is 0 Å². The molecule has 6 atom stereocenters. The molecule has 0 amide bonds. The molecule has 19 heavy (non-hydrogen) atoms. The van der Waals surface area contributed by atoms with Gasteiger partial charge in [-0.2, -0.15) is 0 Å². The van der Waals surface area contributed by atoms with Gasteiger partial charge in [0.25, 0.3) is 0 Å². The van der Waals surface area contributed by atoms with Crippen molar-refractivity contribution < 1.29 is 19.4 Å². The summed E-state index contributed by atoms with van der Waals surface area (Å²) >= 11 is 0. The predicted molar refractivity (Wildman–Crippen MR) is 69.1 cm³/mol. The molecule has 4 heteroatoms. The van der Waals surface area contributed by atoms with E-state index in [1.54, 1.807) is 0 Å². The minimum Gasteiger partial charge on any atom is -0.458 e. The number of ether oxygens (including phenoxy) is 2. The molecular formula is C15H22O4. The van der Waals surface area contributed by atoms with Crippen LogP contribution in [0, 0.1) is 23.2 Å². The molecule has 0 radical (unpaired) electrons. The number of carbonyl (C=O) groups is 1. The first-order valence-electron chi connectivity index (χ1n) is 7.13. The lowest BCUT2D eigenvalue weighted by Crippen LogP contribution is -2.48. The quantitative estimate of drug-likeness (QED) is 0.537. The van der Waals surface area contributed by atoms with Crippen LogP contribution in [-0.2, 0) is 14.3 Å². The van der Waals surface area contributed by atoms with Crippen molar-refractivity contribution in [2.75, 3.05) is 6.61 Å². The van der Waals surface area contributed by atoms with Crippen LogP contribution in [0.2, 0.25) is 0 Å². The van der Waals surface area contributed by atoms with Crippen LogP contribution in [0.15, 0.2) is 12.2 Å². The fraction of sp³-hybridized carbons (Fsp3) is 0.800. The summed E-state index contributed by atoms with van der Waals surface area (Å²) in [5.41, 5.74) is 0.255. The molecule has 1 aliphatic carbocycles. The number of carbonyl (C=O) groups excluding carboxylic acids is 1. The molecule has 2 aliphatic heterocycles. The molecule has 1 saturated carbocycles. The first-order valence-corrected chi connectivity index (χ1v) is 7.13. The van der Waals surface area contributed by atoms with Gasteiger partial charge in [0.05, 0.1) is 6.61 Å². The van der Waals surface area contributed by atoms with Crippen LogP contribution in [0.1, 0.15) is 33.1 Å². The molecule has 2 saturated heterocycles. The van der Waals surface area contributed by atoms with Gasteiger partial charge < -0.3 is 14.6 Å². The average molecular weight is 266 g/mol. The second-order valence-electron chi connectivity index (χ2n) is 6.62. The highest BCUT2D eigenvalue weighted by Crippen LogP contribution is 2.53. The van der Waals surface area contributed by atoms with E-state index in [-0.39, 0.29) is 23.4 Å². The van der Waals surface area contributed by atoms with E-state index in [1.807, 2.05) is 0 Å². The summed E-state index contributed by atoms with van der Waals surface area (Å²) in [6, 6.07) is 0. The topological polar surface area (TPSA) is 55.8 Å². The summed E-state index contributed by atoms with van der Waals surface area (Å²) in [4.78, 5) is 11.7. The lowest BCUT2D eigenvalue weighted by molar-refractivity contribution is -0.229. The monoisotopic (exact) mass is 266 g/mol. The van der Waals surface area contributed by atoms with Gasteiger partial charge in [-0.05, 0) is 31.1 Å². The zero-order valence-electron chi connectivity index (χ0n) is 11.6. The fourth-order valence-electron chi connectivity index (χ4n) is 4.34. The van der Waals surface area contributed by atoms with Crippen molar-refractivity contribution in [3.05, 3.63) is 12.2 Å². The zero-order valence-corrected chi connectivity index (χ0v) is 11.6. The summed E-state index contributed by atoms with van der Waals surface area (Å²) in [6.45, 7) is 8.77. The summed E-state index contributed by atoms with van der Waals surface area (Å²) in [6.07, 6.45) is 1.73. The Morgan fingerprint density at radius 1 is 1.47 bits per heavy atom. The minimum atomic E-state index is -0.754. The van der Waals surface area contributed by atoms with Gasteiger partial charge in [0.2, 0.25) is 0 Å². The van der Waals surface area contributed by atoms with E-state index in [4.69, 9.17) is 9.47 Å². The molecule has 106 valence electrons. The van der Waals surface area contributed by atoms with Gasteiger partial charge in [0.15, 0.2) is 6.29 Å². The first-order chi connectivity index (χ1) is 8.93. The SMILES string of the molecule is C=C1C(=O)O[C@H]2C[C@@H](C)[C@@H]3CCO[C@@H](O)[C@@]3(C)C[C@H]12. The molecule has 0 aromatic carbocycles. The highest BCUT2D eigenvalue weighted by molar-refractivity contribution is 5.90. The Labute approximate surface area is 113 Å². The van der Waals surface area contributed by atoms with Crippen LogP contribution >= 0.6 is 0 Å². The van der Waals surface area contributed by atoms with Crippen molar-refractivity contribution in [3.63, 3.8) is 0 Å². The van der Waals surface area contributed by atoms with Crippen LogP contribution in [0.3, 0.4) is 0 Å². The predicted octanol–water partition coefficient (Wildman–Crippen LogP) is 1.88. The van der Waals surface area contributed by atoms with Crippen LogP contribution < -0.4 is 0 Å². The maximum Gasteiger partial charge on any atom is 0.334 e. The van der Waals surface area contributed by atoms with E-state index in [0.717, 1.165) is 19.3 Å². The summed E-state index contributed by atoms with van der Waals surface area (Å²) < 4.78 is 10.9. The maximum absolute atomic E-state index is 11.7. The van der Waals surface area contributed by atoms with Crippen LogP contribution in [0.4, 0.5) is 0 Å². The number of hydrogen-bond donors (Lipinski definition) is 1. The van der Waals surface area contributed by atoms with Crippen molar-refractivity contribution in [2.24, 2.45) is 23.2 Å². The van der Waals surface area contributed by atoms with Gasteiger partial charge in [0.1, 0.15) is 6.10 Å². The lowest BCUT2D eigenvalue weighted by atomic mass is 9.65. The molecule has 0 bridgehead atoms. The van der Waals surface area contributed by atoms with Gasteiger partial charge in [-0.1, -0.05) is 20.4 Å². The Kier molecular flexibility index (Phi) is 2.98. The Morgan fingerprint density at radius 2 is 2.21 bits per heavy atom. The van der Waals surface area contributed by atoms with E-state index in [0.29, 0.717) is 24.0 Å². The zero-order chi connectivity index (χ0) is 13.8. The molecule has 0 aromatic heterocycles. The molecule has 1 N–H and O–H groups in total. The number of rotatable bonds is 0. The summed E-state index contributed by atoms with van der Waals surface area (Å²) in [5, 5.41) is 10.3. The normalized spacial score (nSPS) is 50.2. The van der Waals surface area contributed by atoms with Gasteiger partial charge in [-0.25, -0.2) is 4.79 Å². The molecule has 2 heterocycles. The molecule has 3 fully saturated rings. The maximum atomic E-state index is 11.7. The third kappa shape index (κ3) is 1.84. The van der Waals surface area contributed by atoms with Gasteiger partial charge in [0, 0.05) is 16.9 Å². The number of aliphatic hydroxyl groups is 1. The summed E-state index contributed by atoms with van der Waals surface area (Å²) in [7, 11) is 0. The van der Waals surface area contributed by atoms with E-state index in [9.17, 15) is 9.90 Å². The van der Waals surface area contributed by atoms with Crippen molar-refractivity contribution in [3.8, 4) is 0 Å². The number of esters is 1. The van der Waals surface area contributed by atoms with Crippen molar-refractivity contribution in [1.29, 1.82) is 0 Å². The second kappa shape index (κ2) is 4.32. The smallest absolute Gasteiger partial charge is 0.334 e. The van der Waals surface area contributed by atoms with Gasteiger partial charge in [-0.15, -0.1) is 0 Å². The van der Waals surface area contributed by atoms with Crippen molar-refractivity contribution in [2.45, 2.75) is 45.5 Å². The highest BCUT2D eigenvalue weighted by atomic mass is 16.6. The Bertz CT molecular complexity index is 418. The summed E-state index contributed by atoms with van der Waals surface area (Å²) in [5.74, 6) is 0.586. The largest absolute Gasteiger partial charge is 0.458 e. The standard InChI is InChI=1S/C15H22O4/c1-8-6-12-10(9(2)13(16)19-12)7-15(3)11(8)4-5-18-14(15)17/h8,10-12,14,17H,2,4-7H2,1,3H3/t8-,10-,11+,12+,14-,15+/m1/s1. The molecule has 0 spiro atoms. The highest BCUT2D eigenvalue weighted by Gasteiger charge is 2.54. The van der Waals surface area contributed by atoms with Crippen molar-refractivity contribution >= 4 is 5.97 Å².